The minimum absolute atomic E-state index is 0.962. The summed E-state index contributed by atoms with van der Waals surface area (Å²) in [5.74, 6) is 1.07. The highest BCUT2D eigenvalue weighted by atomic mass is 15.3. The van der Waals surface area contributed by atoms with E-state index < -0.39 is 0 Å². The van der Waals surface area contributed by atoms with E-state index in [0.29, 0.717) is 0 Å². The Hall–Kier alpha value is -0.730. The van der Waals surface area contributed by atoms with Gasteiger partial charge in [0.1, 0.15) is 0 Å². The summed E-state index contributed by atoms with van der Waals surface area (Å²) in [6, 6.07) is 0. The zero-order valence-electron chi connectivity index (χ0n) is 18.9. The second-order valence-corrected chi connectivity index (χ2v) is 8.27. The molecule has 0 aromatic heterocycles. The maximum atomic E-state index is 4.69. The Morgan fingerprint density at radius 3 is 1.12 bits per heavy atom. The van der Waals surface area contributed by atoms with Gasteiger partial charge in [-0.1, -0.05) is 103 Å². The topological polar surface area (TPSA) is 18.8 Å². The maximum Gasteiger partial charge on any atom is 0.195 e. The molecule has 0 atom stereocenters. The lowest BCUT2D eigenvalue weighted by molar-refractivity contribution is 0.477. The number of unbranched alkanes of at least 4 members (excludes halogenated alkanes) is 15. The van der Waals surface area contributed by atoms with Crippen LogP contribution >= 0.6 is 0 Å². The molecular weight excluding hydrogens is 318 g/mol. The molecule has 0 aliphatic carbocycles. The number of hydrogen-bond acceptors (Lipinski definition) is 1. The lowest BCUT2D eigenvalue weighted by atomic mass is 10.0. The van der Waals surface area contributed by atoms with Gasteiger partial charge >= 0.3 is 0 Å². The molecule has 0 amide bonds. The highest BCUT2D eigenvalue weighted by molar-refractivity contribution is 5.79. The summed E-state index contributed by atoms with van der Waals surface area (Å²) in [5, 5.41) is 0. The van der Waals surface area contributed by atoms with Gasteiger partial charge in [-0.25, -0.2) is 0 Å². The molecule has 0 aliphatic rings. The highest BCUT2D eigenvalue weighted by Crippen LogP contribution is 2.13. The van der Waals surface area contributed by atoms with Crippen molar-refractivity contribution >= 4 is 5.96 Å². The van der Waals surface area contributed by atoms with Crippen LogP contribution in [0.3, 0.4) is 0 Å². The molecule has 0 aliphatic heterocycles. The maximum absolute atomic E-state index is 4.69. The number of guanidine groups is 1. The van der Waals surface area contributed by atoms with Crippen LogP contribution in [0, 0.1) is 0 Å². The SMILES string of the molecule is CCCCCCCCCCCCCCCCCCN=C(N(C)C)N(C)C. The van der Waals surface area contributed by atoms with E-state index in [-0.39, 0.29) is 0 Å². The van der Waals surface area contributed by atoms with E-state index in [1.165, 1.54) is 103 Å². The Kier molecular flexibility index (Phi) is 18.5. The largest absolute Gasteiger partial charge is 0.349 e. The van der Waals surface area contributed by atoms with Crippen LogP contribution in [0.4, 0.5) is 0 Å². The summed E-state index contributed by atoms with van der Waals surface area (Å²) < 4.78 is 0. The quantitative estimate of drug-likeness (QED) is 0.161. The Morgan fingerprint density at radius 1 is 0.500 bits per heavy atom. The van der Waals surface area contributed by atoms with E-state index in [4.69, 9.17) is 4.99 Å². The van der Waals surface area contributed by atoms with Gasteiger partial charge in [0.05, 0.1) is 0 Å². The summed E-state index contributed by atoms with van der Waals surface area (Å²) in [7, 11) is 8.25. The minimum atomic E-state index is 0.962. The number of hydrogen-bond donors (Lipinski definition) is 0. The van der Waals surface area contributed by atoms with Crippen molar-refractivity contribution in [2.75, 3.05) is 34.7 Å². The smallest absolute Gasteiger partial charge is 0.195 e. The van der Waals surface area contributed by atoms with E-state index in [0.717, 1.165) is 12.5 Å². The molecule has 0 radical (unpaired) electrons. The van der Waals surface area contributed by atoms with Gasteiger partial charge < -0.3 is 9.80 Å². The fourth-order valence-electron chi connectivity index (χ4n) is 3.52. The van der Waals surface area contributed by atoms with Crippen molar-refractivity contribution in [1.29, 1.82) is 0 Å². The summed E-state index contributed by atoms with van der Waals surface area (Å²) in [6.07, 6.45) is 22.7. The average Bonchev–Trinajstić information content (AvgIpc) is 2.60. The lowest BCUT2D eigenvalue weighted by Gasteiger charge is -2.22. The second-order valence-electron chi connectivity index (χ2n) is 8.27. The van der Waals surface area contributed by atoms with E-state index in [1.807, 2.05) is 0 Å². The molecular formula is C23H49N3. The predicted molar refractivity (Wildman–Crippen MR) is 119 cm³/mol. The number of aliphatic imine (C=N–C) groups is 1. The minimum Gasteiger partial charge on any atom is -0.349 e. The molecule has 0 unspecified atom stereocenters. The zero-order valence-corrected chi connectivity index (χ0v) is 18.9. The number of nitrogens with zero attached hydrogens (tertiary/aromatic N) is 3. The molecule has 3 nitrogen and oxygen atoms in total. The third-order valence-corrected chi connectivity index (χ3v) is 5.06. The van der Waals surface area contributed by atoms with Crippen molar-refractivity contribution in [3.8, 4) is 0 Å². The summed E-state index contributed by atoms with van der Waals surface area (Å²) >= 11 is 0. The number of rotatable bonds is 17. The fraction of sp³-hybridized carbons (Fsp3) is 0.957. The third-order valence-electron chi connectivity index (χ3n) is 5.06. The summed E-state index contributed by atoms with van der Waals surface area (Å²) in [5.41, 5.74) is 0. The van der Waals surface area contributed by atoms with Crippen LogP contribution in [0.1, 0.15) is 110 Å². The van der Waals surface area contributed by atoms with Crippen molar-refractivity contribution in [3.63, 3.8) is 0 Å². The molecule has 0 bridgehead atoms. The molecule has 0 saturated heterocycles. The van der Waals surface area contributed by atoms with Gasteiger partial charge in [0.2, 0.25) is 0 Å². The third kappa shape index (κ3) is 16.7. The molecule has 156 valence electrons. The van der Waals surface area contributed by atoms with Gasteiger partial charge in [0.25, 0.3) is 0 Å². The first kappa shape index (κ1) is 25.3. The van der Waals surface area contributed by atoms with Gasteiger partial charge in [-0.3, -0.25) is 4.99 Å². The molecule has 0 saturated carbocycles. The normalized spacial score (nSPS) is 10.8. The Morgan fingerprint density at radius 2 is 0.808 bits per heavy atom. The first-order chi connectivity index (χ1) is 12.6. The molecule has 0 N–H and O–H groups in total. The van der Waals surface area contributed by atoms with Gasteiger partial charge in [-0.05, 0) is 6.42 Å². The Balaban J connectivity index is 3.26. The lowest BCUT2D eigenvalue weighted by Crippen LogP contribution is -2.35. The van der Waals surface area contributed by atoms with Crippen LogP contribution in [0.25, 0.3) is 0 Å². The van der Waals surface area contributed by atoms with Gasteiger partial charge in [-0.2, -0.15) is 0 Å². The first-order valence-corrected chi connectivity index (χ1v) is 11.5. The van der Waals surface area contributed by atoms with E-state index >= 15 is 0 Å². The van der Waals surface area contributed by atoms with Crippen LogP contribution in [0.15, 0.2) is 4.99 Å². The van der Waals surface area contributed by atoms with Crippen LogP contribution in [-0.4, -0.2) is 50.5 Å². The van der Waals surface area contributed by atoms with Crippen LogP contribution < -0.4 is 0 Å². The summed E-state index contributed by atoms with van der Waals surface area (Å²) in [4.78, 5) is 8.87. The van der Waals surface area contributed by atoms with Crippen molar-refractivity contribution in [2.45, 2.75) is 110 Å². The van der Waals surface area contributed by atoms with Crippen molar-refractivity contribution in [1.82, 2.24) is 9.80 Å². The molecule has 0 spiro atoms. The van der Waals surface area contributed by atoms with Gasteiger partial charge in [-0.15, -0.1) is 0 Å². The van der Waals surface area contributed by atoms with Crippen molar-refractivity contribution in [3.05, 3.63) is 0 Å². The van der Waals surface area contributed by atoms with Crippen LogP contribution in [-0.2, 0) is 0 Å². The molecule has 0 aromatic carbocycles. The predicted octanol–water partition coefficient (Wildman–Crippen LogP) is 6.73. The molecule has 0 aromatic rings. The monoisotopic (exact) mass is 367 g/mol. The second kappa shape index (κ2) is 19.0. The van der Waals surface area contributed by atoms with Crippen molar-refractivity contribution < 1.29 is 0 Å². The average molecular weight is 368 g/mol. The molecule has 0 heterocycles. The molecule has 3 heteroatoms. The molecule has 0 fully saturated rings. The van der Waals surface area contributed by atoms with Gasteiger partial charge in [0.15, 0.2) is 5.96 Å². The Labute approximate surface area is 165 Å². The summed E-state index contributed by atoms with van der Waals surface area (Å²) in [6.45, 7) is 3.26. The molecule has 0 rings (SSSR count). The van der Waals surface area contributed by atoms with E-state index in [2.05, 4.69) is 44.9 Å². The first-order valence-electron chi connectivity index (χ1n) is 11.5. The van der Waals surface area contributed by atoms with E-state index in [1.54, 1.807) is 0 Å². The van der Waals surface area contributed by atoms with Crippen LogP contribution in [0.5, 0.6) is 0 Å². The Bertz CT molecular complexity index is 301. The van der Waals surface area contributed by atoms with Crippen molar-refractivity contribution in [2.24, 2.45) is 4.99 Å². The zero-order chi connectivity index (χ0) is 19.5. The molecule has 26 heavy (non-hydrogen) atoms. The van der Waals surface area contributed by atoms with Gasteiger partial charge in [0, 0.05) is 34.7 Å². The van der Waals surface area contributed by atoms with Crippen LogP contribution in [0.2, 0.25) is 0 Å². The fourth-order valence-corrected chi connectivity index (χ4v) is 3.52. The highest BCUT2D eigenvalue weighted by Gasteiger charge is 2.02. The standard InChI is InChI=1S/C23H49N3/c1-6-7-8-9-10-11-12-13-14-15-16-17-18-19-20-21-22-24-23(25(2)3)26(4)5/h6-22H2,1-5H3. The van der Waals surface area contributed by atoms with E-state index in [9.17, 15) is 0 Å².